The van der Waals surface area contributed by atoms with Gasteiger partial charge in [0.05, 0.1) is 0 Å². The van der Waals surface area contributed by atoms with Gasteiger partial charge in [0.15, 0.2) is 5.11 Å². The molecule has 6 heteroatoms. The van der Waals surface area contributed by atoms with Crippen LogP contribution in [0.25, 0.3) is 0 Å². The molecule has 0 bridgehead atoms. The third-order valence-corrected chi connectivity index (χ3v) is 3.04. The summed E-state index contributed by atoms with van der Waals surface area (Å²) < 4.78 is 0. The van der Waals surface area contributed by atoms with Crippen LogP contribution in [-0.2, 0) is 9.59 Å². The standard InChI is InChI=1S/C15H21N3O2S/c1-10(2)9-14(20)17-15(21)16-12-5-7-13(8-6-12)18(4)11(3)19/h5-8,10H,9H2,1-4H3,(H2,16,17,20,21). The van der Waals surface area contributed by atoms with E-state index in [2.05, 4.69) is 10.6 Å². The monoisotopic (exact) mass is 307 g/mol. The van der Waals surface area contributed by atoms with Gasteiger partial charge in [-0.1, -0.05) is 13.8 Å². The number of amides is 2. The first-order valence-corrected chi connectivity index (χ1v) is 7.15. The number of anilines is 2. The molecule has 0 saturated carbocycles. The first kappa shape index (κ1) is 17.1. The maximum absolute atomic E-state index is 11.6. The average Bonchev–Trinajstić information content (AvgIpc) is 2.37. The lowest BCUT2D eigenvalue weighted by atomic mass is 10.1. The molecule has 114 valence electrons. The average molecular weight is 307 g/mol. The van der Waals surface area contributed by atoms with Crippen molar-refractivity contribution in [3.05, 3.63) is 24.3 Å². The van der Waals surface area contributed by atoms with E-state index in [-0.39, 0.29) is 22.8 Å². The Bertz CT molecular complexity index is 526. The SMILES string of the molecule is CC(=O)N(C)c1ccc(NC(=S)NC(=O)CC(C)C)cc1. The van der Waals surface area contributed by atoms with E-state index < -0.39 is 0 Å². The molecular weight excluding hydrogens is 286 g/mol. The number of nitrogens with one attached hydrogen (secondary N) is 2. The molecule has 0 heterocycles. The molecule has 0 atom stereocenters. The molecule has 0 aliphatic carbocycles. The summed E-state index contributed by atoms with van der Waals surface area (Å²) in [5.41, 5.74) is 1.55. The predicted octanol–water partition coefficient (Wildman–Crippen LogP) is 2.53. The zero-order valence-electron chi connectivity index (χ0n) is 12.8. The van der Waals surface area contributed by atoms with Gasteiger partial charge < -0.3 is 15.5 Å². The van der Waals surface area contributed by atoms with Crippen molar-refractivity contribution in [1.82, 2.24) is 5.32 Å². The maximum Gasteiger partial charge on any atom is 0.226 e. The van der Waals surface area contributed by atoms with Gasteiger partial charge in [0.25, 0.3) is 0 Å². The van der Waals surface area contributed by atoms with Gasteiger partial charge in [0.1, 0.15) is 0 Å². The zero-order chi connectivity index (χ0) is 16.0. The molecule has 2 amide bonds. The molecule has 0 saturated heterocycles. The van der Waals surface area contributed by atoms with Crippen LogP contribution in [0.15, 0.2) is 24.3 Å². The van der Waals surface area contributed by atoms with Gasteiger partial charge in [0, 0.05) is 31.8 Å². The minimum absolute atomic E-state index is 0.0350. The van der Waals surface area contributed by atoms with E-state index in [0.29, 0.717) is 6.42 Å². The second-order valence-electron chi connectivity index (χ2n) is 5.23. The van der Waals surface area contributed by atoms with Crippen molar-refractivity contribution in [3.8, 4) is 0 Å². The highest BCUT2D eigenvalue weighted by molar-refractivity contribution is 7.80. The van der Waals surface area contributed by atoms with E-state index in [0.717, 1.165) is 11.4 Å². The molecular formula is C15H21N3O2S. The van der Waals surface area contributed by atoms with E-state index in [1.807, 2.05) is 26.0 Å². The normalized spacial score (nSPS) is 10.1. The van der Waals surface area contributed by atoms with Crippen molar-refractivity contribution in [2.75, 3.05) is 17.3 Å². The summed E-state index contributed by atoms with van der Waals surface area (Å²) >= 11 is 5.08. The van der Waals surface area contributed by atoms with Crippen LogP contribution in [0.5, 0.6) is 0 Å². The fourth-order valence-electron chi connectivity index (χ4n) is 1.66. The summed E-state index contributed by atoms with van der Waals surface area (Å²) in [5.74, 6) is 0.150. The van der Waals surface area contributed by atoms with Crippen molar-refractivity contribution in [1.29, 1.82) is 0 Å². The highest BCUT2D eigenvalue weighted by atomic mass is 32.1. The zero-order valence-corrected chi connectivity index (χ0v) is 13.6. The molecule has 1 rings (SSSR count). The minimum atomic E-state index is -0.101. The molecule has 21 heavy (non-hydrogen) atoms. The Morgan fingerprint density at radius 1 is 1.24 bits per heavy atom. The summed E-state index contributed by atoms with van der Waals surface area (Å²) in [6, 6.07) is 7.22. The Labute approximate surface area is 130 Å². The Morgan fingerprint density at radius 3 is 2.29 bits per heavy atom. The van der Waals surface area contributed by atoms with Crippen LogP contribution in [0.2, 0.25) is 0 Å². The molecule has 0 unspecified atom stereocenters. The Morgan fingerprint density at radius 2 is 1.81 bits per heavy atom. The van der Waals surface area contributed by atoms with Crippen molar-refractivity contribution < 1.29 is 9.59 Å². The van der Waals surface area contributed by atoms with E-state index in [1.54, 1.807) is 24.1 Å². The van der Waals surface area contributed by atoms with Crippen LogP contribution in [-0.4, -0.2) is 24.0 Å². The minimum Gasteiger partial charge on any atom is -0.332 e. The highest BCUT2D eigenvalue weighted by Gasteiger charge is 2.08. The van der Waals surface area contributed by atoms with Crippen LogP contribution < -0.4 is 15.5 Å². The van der Waals surface area contributed by atoms with Crippen molar-refractivity contribution >= 4 is 40.5 Å². The van der Waals surface area contributed by atoms with Crippen LogP contribution in [0.4, 0.5) is 11.4 Å². The maximum atomic E-state index is 11.6. The first-order chi connectivity index (χ1) is 9.79. The van der Waals surface area contributed by atoms with Gasteiger partial charge in [-0.2, -0.15) is 0 Å². The molecule has 1 aromatic carbocycles. The topological polar surface area (TPSA) is 61.4 Å². The van der Waals surface area contributed by atoms with Crippen molar-refractivity contribution in [3.63, 3.8) is 0 Å². The Hall–Kier alpha value is -1.95. The smallest absolute Gasteiger partial charge is 0.226 e. The van der Waals surface area contributed by atoms with Crippen LogP contribution >= 0.6 is 12.2 Å². The summed E-state index contributed by atoms with van der Waals surface area (Å²) in [5, 5.41) is 5.84. The van der Waals surface area contributed by atoms with Crippen LogP contribution in [0.3, 0.4) is 0 Å². The number of rotatable bonds is 4. The molecule has 0 fully saturated rings. The summed E-state index contributed by atoms with van der Waals surface area (Å²) in [6.07, 6.45) is 0.435. The molecule has 1 aromatic rings. The summed E-state index contributed by atoms with van der Waals surface area (Å²) in [7, 11) is 1.71. The van der Waals surface area contributed by atoms with Gasteiger partial charge in [-0.3, -0.25) is 9.59 Å². The lowest BCUT2D eigenvalue weighted by Gasteiger charge is -2.16. The molecule has 0 spiro atoms. The lowest BCUT2D eigenvalue weighted by molar-refractivity contribution is -0.120. The summed E-state index contributed by atoms with van der Waals surface area (Å²) in [4.78, 5) is 24.4. The number of hydrogen-bond acceptors (Lipinski definition) is 3. The number of hydrogen-bond donors (Lipinski definition) is 2. The van der Waals surface area contributed by atoms with Crippen molar-refractivity contribution in [2.45, 2.75) is 27.2 Å². The fraction of sp³-hybridized carbons (Fsp3) is 0.400. The highest BCUT2D eigenvalue weighted by Crippen LogP contribution is 2.16. The summed E-state index contributed by atoms with van der Waals surface area (Å²) in [6.45, 7) is 5.45. The van der Waals surface area contributed by atoms with Crippen molar-refractivity contribution in [2.24, 2.45) is 5.92 Å². The van der Waals surface area contributed by atoms with Gasteiger partial charge in [-0.25, -0.2) is 0 Å². The molecule has 2 N–H and O–H groups in total. The third-order valence-electron chi connectivity index (χ3n) is 2.83. The number of benzene rings is 1. The first-order valence-electron chi connectivity index (χ1n) is 6.74. The number of nitrogens with zero attached hydrogens (tertiary/aromatic N) is 1. The number of carbonyl (C=O) groups excluding carboxylic acids is 2. The lowest BCUT2D eigenvalue weighted by Crippen LogP contribution is -2.34. The molecule has 5 nitrogen and oxygen atoms in total. The molecule has 0 aliphatic rings. The van der Waals surface area contributed by atoms with Gasteiger partial charge in [-0.05, 0) is 42.4 Å². The Kier molecular flexibility index (Phi) is 6.30. The number of thiocarbonyl (C=S) groups is 1. The quantitative estimate of drug-likeness (QED) is 0.839. The molecule has 0 aliphatic heterocycles. The largest absolute Gasteiger partial charge is 0.332 e. The Balaban J connectivity index is 2.57. The van der Waals surface area contributed by atoms with E-state index in [4.69, 9.17) is 12.2 Å². The van der Waals surface area contributed by atoms with E-state index >= 15 is 0 Å². The van der Waals surface area contributed by atoms with E-state index in [1.165, 1.54) is 6.92 Å². The van der Waals surface area contributed by atoms with Gasteiger partial charge in [0.2, 0.25) is 11.8 Å². The van der Waals surface area contributed by atoms with Crippen LogP contribution in [0.1, 0.15) is 27.2 Å². The third kappa shape index (κ3) is 5.91. The molecule has 0 aromatic heterocycles. The van der Waals surface area contributed by atoms with E-state index in [9.17, 15) is 9.59 Å². The second kappa shape index (κ2) is 7.73. The number of carbonyl (C=O) groups is 2. The fourth-order valence-corrected chi connectivity index (χ4v) is 1.89. The van der Waals surface area contributed by atoms with Gasteiger partial charge >= 0.3 is 0 Å². The van der Waals surface area contributed by atoms with Gasteiger partial charge in [-0.15, -0.1) is 0 Å². The van der Waals surface area contributed by atoms with Crippen LogP contribution in [0, 0.1) is 5.92 Å². The molecule has 0 radical (unpaired) electrons. The second-order valence-corrected chi connectivity index (χ2v) is 5.63. The predicted molar refractivity (Wildman–Crippen MR) is 89.3 cm³/mol.